The topological polar surface area (TPSA) is 26.3 Å². The van der Waals surface area contributed by atoms with E-state index < -0.39 is 0 Å². The first-order valence-corrected chi connectivity index (χ1v) is 8.36. The van der Waals surface area contributed by atoms with Crippen LogP contribution in [-0.4, -0.2) is 12.1 Å². The van der Waals surface area contributed by atoms with E-state index in [1.165, 1.54) is 22.3 Å². The van der Waals surface area contributed by atoms with Gasteiger partial charge in [-0.3, -0.25) is 0 Å². The predicted molar refractivity (Wildman–Crippen MR) is 91.6 cm³/mol. The van der Waals surface area contributed by atoms with Gasteiger partial charge in [0.2, 0.25) is 0 Å². The first kappa shape index (κ1) is 16.8. The van der Waals surface area contributed by atoms with Crippen LogP contribution < -0.4 is 0 Å². The Bertz CT molecular complexity index is 558. The van der Waals surface area contributed by atoms with Crippen molar-refractivity contribution in [1.29, 1.82) is 0 Å². The fourth-order valence-corrected chi connectivity index (χ4v) is 3.05. The largest absolute Gasteiger partial charge is 0.450 e. The molecule has 0 bridgehead atoms. The molecule has 0 aromatic rings. The van der Waals surface area contributed by atoms with Gasteiger partial charge in [0.25, 0.3) is 0 Å². The third-order valence-electron chi connectivity index (χ3n) is 4.65. The van der Waals surface area contributed by atoms with Gasteiger partial charge >= 0.3 is 5.97 Å². The third-order valence-corrected chi connectivity index (χ3v) is 4.65. The van der Waals surface area contributed by atoms with Crippen molar-refractivity contribution in [3.63, 3.8) is 0 Å². The van der Waals surface area contributed by atoms with Crippen LogP contribution in [0, 0.1) is 0 Å². The standard InChI is InChI=1S/C20H28O2/c1-14-7-5-9-15(2)11-12-18-17(4)20(21)22-19(18)13-16(3)10-6-8-14/h8-9,13,19H,5-7,10-12H2,1-4H3. The summed E-state index contributed by atoms with van der Waals surface area (Å²) in [6, 6.07) is 0. The Morgan fingerprint density at radius 1 is 0.864 bits per heavy atom. The quantitative estimate of drug-likeness (QED) is 0.441. The average molecular weight is 300 g/mol. The lowest BCUT2D eigenvalue weighted by molar-refractivity contribution is -0.138. The van der Waals surface area contributed by atoms with E-state index in [4.69, 9.17) is 4.74 Å². The van der Waals surface area contributed by atoms with E-state index in [0.717, 1.165) is 44.1 Å². The van der Waals surface area contributed by atoms with Crippen molar-refractivity contribution in [3.05, 3.63) is 46.1 Å². The van der Waals surface area contributed by atoms with E-state index in [1.54, 1.807) is 0 Å². The van der Waals surface area contributed by atoms with Crippen LogP contribution in [0.5, 0.6) is 0 Å². The summed E-state index contributed by atoms with van der Waals surface area (Å²) in [5.74, 6) is -0.147. The van der Waals surface area contributed by atoms with Crippen molar-refractivity contribution in [1.82, 2.24) is 0 Å². The van der Waals surface area contributed by atoms with Crippen LogP contribution in [0.3, 0.4) is 0 Å². The van der Waals surface area contributed by atoms with Gasteiger partial charge in [-0.2, -0.15) is 0 Å². The lowest BCUT2D eigenvalue weighted by atomic mass is 9.95. The lowest BCUT2D eigenvalue weighted by Gasteiger charge is -2.13. The van der Waals surface area contributed by atoms with Crippen molar-refractivity contribution in [2.45, 2.75) is 72.3 Å². The van der Waals surface area contributed by atoms with Crippen molar-refractivity contribution in [2.24, 2.45) is 0 Å². The molecule has 1 unspecified atom stereocenters. The van der Waals surface area contributed by atoms with Crippen LogP contribution in [0.15, 0.2) is 46.1 Å². The second kappa shape index (κ2) is 7.62. The van der Waals surface area contributed by atoms with Gasteiger partial charge < -0.3 is 4.74 Å². The number of esters is 1. The molecule has 0 saturated carbocycles. The van der Waals surface area contributed by atoms with Gasteiger partial charge in [-0.25, -0.2) is 4.79 Å². The minimum absolute atomic E-state index is 0.145. The SMILES string of the molecule is CC1=CCCC(C)=CC2OC(=O)C(C)=C2CCC(C)=CCC1. The maximum absolute atomic E-state index is 11.9. The zero-order valence-electron chi connectivity index (χ0n) is 14.4. The predicted octanol–water partition coefficient (Wildman–Crippen LogP) is 5.42. The number of carbonyl (C=O) groups is 1. The summed E-state index contributed by atoms with van der Waals surface area (Å²) in [5, 5.41) is 0. The minimum atomic E-state index is -0.147. The van der Waals surface area contributed by atoms with Gasteiger partial charge in [0, 0.05) is 5.57 Å². The molecule has 0 aromatic carbocycles. The summed E-state index contributed by atoms with van der Waals surface area (Å²) in [7, 11) is 0. The molecule has 2 nitrogen and oxygen atoms in total. The zero-order valence-corrected chi connectivity index (χ0v) is 14.4. The average Bonchev–Trinajstić information content (AvgIpc) is 2.71. The van der Waals surface area contributed by atoms with E-state index in [-0.39, 0.29) is 12.1 Å². The van der Waals surface area contributed by atoms with Crippen molar-refractivity contribution < 1.29 is 9.53 Å². The van der Waals surface area contributed by atoms with E-state index in [1.807, 2.05) is 6.92 Å². The number of hydrogen-bond acceptors (Lipinski definition) is 2. The highest BCUT2D eigenvalue weighted by Crippen LogP contribution is 2.30. The highest BCUT2D eigenvalue weighted by Gasteiger charge is 2.29. The molecule has 2 rings (SSSR count). The van der Waals surface area contributed by atoms with Gasteiger partial charge in [0.1, 0.15) is 6.10 Å². The van der Waals surface area contributed by atoms with Crippen LogP contribution in [-0.2, 0) is 9.53 Å². The summed E-state index contributed by atoms with van der Waals surface area (Å²) in [6.07, 6.45) is 13.0. The Hall–Kier alpha value is -1.57. The smallest absolute Gasteiger partial charge is 0.334 e. The van der Waals surface area contributed by atoms with Gasteiger partial charge in [-0.1, -0.05) is 28.9 Å². The second-order valence-electron chi connectivity index (χ2n) is 6.67. The van der Waals surface area contributed by atoms with Crippen LogP contribution >= 0.6 is 0 Å². The molecule has 0 N–H and O–H groups in total. The molecule has 2 aliphatic rings. The molecule has 1 atom stereocenters. The molecule has 0 amide bonds. The summed E-state index contributed by atoms with van der Waals surface area (Å²) < 4.78 is 5.54. The summed E-state index contributed by atoms with van der Waals surface area (Å²) >= 11 is 0. The highest BCUT2D eigenvalue weighted by molar-refractivity contribution is 5.92. The number of fused-ring (bicyclic) bond motifs is 1. The van der Waals surface area contributed by atoms with Crippen molar-refractivity contribution in [2.75, 3.05) is 0 Å². The molecule has 22 heavy (non-hydrogen) atoms. The van der Waals surface area contributed by atoms with E-state index in [9.17, 15) is 4.79 Å². The molecule has 2 heteroatoms. The van der Waals surface area contributed by atoms with Gasteiger partial charge in [-0.05, 0) is 77.9 Å². The second-order valence-corrected chi connectivity index (χ2v) is 6.67. The molecular formula is C20H28O2. The van der Waals surface area contributed by atoms with Crippen molar-refractivity contribution in [3.8, 4) is 0 Å². The molecule has 1 heterocycles. The number of hydrogen-bond donors (Lipinski definition) is 0. The maximum Gasteiger partial charge on any atom is 0.334 e. The molecule has 0 radical (unpaired) electrons. The van der Waals surface area contributed by atoms with Crippen LogP contribution in [0.25, 0.3) is 0 Å². The number of carbonyl (C=O) groups excluding carboxylic acids is 1. The highest BCUT2D eigenvalue weighted by atomic mass is 16.5. The molecule has 1 aliphatic carbocycles. The first-order valence-electron chi connectivity index (χ1n) is 8.36. The van der Waals surface area contributed by atoms with Gasteiger partial charge in [0.15, 0.2) is 0 Å². The van der Waals surface area contributed by atoms with Crippen molar-refractivity contribution >= 4 is 5.97 Å². The Morgan fingerprint density at radius 2 is 1.45 bits per heavy atom. The van der Waals surface area contributed by atoms with Crippen LogP contribution in [0.4, 0.5) is 0 Å². The number of rotatable bonds is 0. The molecule has 0 spiro atoms. The molecule has 0 aromatic heterocycles. The van der Waals surface area contributed by atoms with E-state index in [2.05, 4.69) is 39.0 Å². The zero-order chi connectivity index (χ0) is 16.1. The summed E-state index contributed by atoms with van der Waals surface area (Å²) in [6.45, 7) is 8.44. The van der Waals surface area contributed by atoms with Crippen LogP contribution in [0.1, 0.15) is 66.2 Å². The molecule has 0 fully saturated rings. The fourth-order valence-electron chi connectivity index (χ4n) is 3.05. The van der Waals surface area contributed by atoms with Gasteiger partial charge in [-0.15, -0.1) is 0 Å². The Morgan fingerprint density at radius 3 is 2.14 bits per heavy atom. The minimum Gasteiger partial charge on any atom is -0.450 e. The molecule has 0 saturated heterocycles. The normalized spacial score (nSPS) is 24.8. The fraction of sp³-hybridized carbons (Fsp3) is 0.550. The van der Waals surface area contributed by atoms with Crippen LogP contribution in [0.2, 0.25) is 0 Å². The lowest BCUT2D eigenvalue weighted by Crippen LogP contribution is -2.09. The third kappa shape index (κ3) is 4.46. The Balaban J connectivity index is 2.24. The Labute approximate surface area is 134 Å². The summed E-state index contributed by atoms with van der Waals surface area (Å²) in [5.41, 5.74) is 6.16. The molecule has 1 aliphatic heterocycles. The maximum atomic E-state index is 11.9. The number of ether oxygens (including phenoxy) is 1. The van der Waals surface area contributed by atoms with E-state index in [0.29, 0.717) is 0 Å². The monoisotopic (exact) mass is 300 g/mol. The summed E-state index contributed by atoms with van der Waals surface area (Å²) in [4.78, 5) is 11.9. The first-order chi connectivity index (χ1) is 10.5. The Kier molecular flexibility index (Phi) is 5.82. The van der Waals surface area contributed by atoms with Gasteiger partial charge in [0.05, 0.1) is 0 Å². The molecular weight excluding hydrogens is 272 g/mol. The van der Waals surface area contributed by atoms with E-state index >= 15 is 0 Å². The number of allylic oxidation sites excluding steroid dienone is 5. The molecule has 120 valence electrons.